The molecular weight excluding hydrogens is 154 g/mol. The van der Waals surface area contributed by atoms with E-state index in [2.05, 4.69) is 23.8 Å². The average Bonchev–Trinajstić information content (AvgIpc) is 2.51. The Bertz CT molecular complexity index is 244. The highest BCUT2D eigenvalue weighted by molar-refractivity contribution is 5.07. The van der Waals surface area contributed by atoms with Crippen molar-refractivity contribution in [3.8, 4) is 0 Å². The van der Waals surface area contributed by atoms with E-state index in [1.807, 2.05) is 0 Å². The molecule has 0 aliphatic rings. The van der Waals surface area contributed by atoms with E-state index in [1.54, 1.807) is 6.20 Å². The smallest absolute Gasteiger partial charge is 0.125 e. The maximum atomic E-state index is 8.75. The van der Waals surface area contributed by atoms with Gasteiger partial charge in [0.15, 0.2) is 0 Å². The minimum atomic E-state index is -0.391. The zero-order valence-electron chi connectivity index (χ0n) is 7.41. The maximum Gasteiger partial charge on any atom is 0.125 e. The lowest BCUT2D eigenvalue weighted by molar-refractivity contribution is 0.264. The Balaban J connectivity index is 2.77. The molecule has 0 radical (unpaired) electrons. The number of H-pyrrole nitrogens is 1. The largest absolute Gasteiger partial charge is 0.394 e. The number of hydrogen-bond acceptors (Lipinski definition) is 3. The van der Waals surface area contributed by atoms with Crippen LogP contribution in [0.15, 0.2) is 6.20 Å². The second-order valence-electron chi connectivity index (χ2n) is 3.17. The van der Waals surface area contributed by atoms with Crippen molar-refractivity contribution in [2.45, 2.75) is 25.8 Å². The van der Waals surface area contributed by atoms with Crippen molar-refractivity contribution in [2.24, 2.45) is 5.73 Å². The number of aliphatic hydroxyl groups is 1. The molecule has 0 saturated heterocycles. The van der Waals surface area contributed by atoms with Gasteiger partial charge in [-0.2, -0.15) is 0 Å². The van der Waals surface area contributed by atoms with E-state index in [-0.39, 0.29) is 6.61 Å². The molecule has 1 aromatic rings. The lowest BCUT2D eigenvalue weighted by atomic mass is 10.2. The SMILES string of the molecule is CC(C)c1cnc(C(N)CO)[nH]1. The van der Waals surface area contributed by atoms with Crippen molar-refractivity contribution in [1.29, 1.82) is 0 Å². The summed E-state index contributed by atoms with van der Waals surface area (Å²) in [6.45, 7) is 4.06. The van der Waals surface area contributed by atoms with Crippen LogP contribution in [0.5, 0.6) is 0 Å². The van der Waals surface area contributed by atoms with E-state index < -0.39 is 6.04 Å². The molecule has 1 atom stereocenters. The Morgan fingerprint density at radius 3 is 2.75 bits per heavy atom. The van der Waals surface area contributed by atoms with Crippen LogP contribution in [-0.4, -0.2) is 21.7 Å². The summed E-state index contributed by atoms with van der Waals surface area (Å²) in [4.78, 5) is 7.13. The first-order valence-corrected chi connectivity index (χ1v) is 4.06. The number of hydrogen-bond donors (Lipinski definition) is 3. The van der Waals surface area contributed by atoms with Crippen LogP contribution in [0.25, 0.3) is 0 Å². The topological polar surface area (TPSA) is 74.9 Å². The minimum Gasteiger partial charge on any atom is -0.394 e. The van der Waals surface area contributed by atoms with Gasteiger partial charge in [0.25, 0.3) is 0 Å². The van der Waals surface area contributed by atoms with Gasteiger partial charge in [0.2, 0.25) is 0 Å². The van der Waals surface area contributed by atoms with Gasteiger partial charge in [0.05, 0.1) is 12.6 Å². The van der Waals surface area contributed by atoms with E-state index in [9.17, 15) is 0 Å². The van der Waals surface area contributed by atoms with Gasteiger partial charge in [-0.05, 0) is 5.92 Å². The number of nitrogens with zero attached hydrogens (tertiary/aromatic N) is 1. The summed E-state index contributed by atoms with van der Waals surface area (Å²) in [7, 11) is 0. The number of aromatic nitrogens is 2. The number of imidazole rings is 1. The summed E-state index contributed by atoms with van der Waals surface area (Å²) >= 11 is 0. The predicted molar refractivity (Wildman–Crippen MR) is 46.7 cm³/mol. The molecule has 0 bridgehead atoms. The van der Waals surface area contributed by atoms with Crippen molar-refractivity contribution in [1.82, 2.24) is 9.97 Å². The Hall–Kier alpha value is -0.870. The molecule has 0 aliphatic carbocycles. The summed E-state index contributed by atoms with van der Waals surface area (Å²) in [5, 5.41) is 8.75. The molecule has 1 heterocycles. The number of nitrogens with two attached hydrogens (primary N) is 1. The Morgan fingerprint density at radius 2 is 2.33 bits per heavy atom. The van der Waals surface area contributed by atoms with Gasteiger partial charge < -0.3 is 15.8 Å². The zero-order chi connectivity index (χ0) is 9.14. The molecule has 12 heavy (non-hydrogen) atoms. The van der Waals surface area contributed by atoms with Gasteiger partial charge in [-0.1, -0.05) is 13.8 Å². The van der Waals surface area contributed by atoms with Crippen molar-refractivity contribution < 1.29 is 5.11 Å². The molecule has 1 rings (SSSR count). The molecule has 0 aliphatic heterocycles. The van der Waals surface area contributed by atoms with Gasteiger partial charge in [-0.3, -0.25) is 0 Å². The molecule has 0 aromatic carbocycles. The fourth-order valence-corrected chi connectivity index (χ4v) is 0.920. The van der Waals surface area contributed by atoms with Crippen LogP contribution in [0, 0.1) is 0 Å². The highest BCUT2D eigenvalue weighted by Crippen LogP contribution is 2.13. The monoisotopic (exact) mass is 169 g/mol. The Morgan fingerprint density at radius 1 is 1.67 bits per heavy atom. The van der Waals surface area contributed by atoms with Gasteiger partial charge in [0.1, 0.15) is 5.82 Å². The summed E-state index contributed by atoms with van der Waals surface area (Å²) < 4.78 is 0. The molecular formula is C8H15N3O. The highest BCUT2D eigenvalue weighted by Gasteiger charge is 2.09. The van der Waals surface area contributed by atoms with E-state index in [0.717, 1.165) is 5.69 Å². The molecule has 0 spiro atoms. The first-order valence-electron chi connectivity index (χ1n) is 4.06. The van der Waals surface area contributed by atoms with Gasteiger partial charge in [-0.15, -0.1) is 0 Å². The highest BCUT2D eigenvalue weighted by atomic mass is 16.3. The predicted octanol–water partition coefficient (Wildman–Crippen LogP) is 0.525. The summed E-state index contributed by atoms with van der Waals surface area (Å²) in [5.74, 6) is 1.07. The first kappa shape index (κ1) is 9.22. The Kier molecular flexibility index (Phi) is 2.83. The molecule has 4 nitrogen and oxygen atoms in total. The van der Waals surface area contributed by atoms with Crippen molar-refractivity contribution in [3.63, 3.8) is 0 Å². The second-order valence-corrected chi connectivity index (χ2v) is 3.17. The minimum absolute atomic E-state index is 0.0783. The van der Waals surface area contributed by atoms with Crippen molar-refractivity contribution in [3.05, 3.63) is 17.7 Å². The van der Waals surface area contributed by atoms with Crippen LogP contribution < -0.4 is 5.73 Å². The third-order valence-electron chi connectivity index (χ3n) is 1.79. The molecule has 0 amide bonds. The Labute approximate surface area is 71.8 Å². The molecule has 4 heteroatoms. The van der Waals surface area contributed by atoms with E-state index in [0.29, 0.717) is 11.7 Å². The van der Waals surface area contributed by atoms with Crippen LogP contribution >= 0.6 is 0 Å². The lowest BCUT2D eigenvalue weighted by Crippen LogP contribution is -2.16. The fraction of sp³-hybridized carbons (Fsp3) is 0.625. The molecule has 0 fully saturated rings. The third kappa shape index (κ3) is 1.84. The number of nitrogens with one attached hydrogen (secondary N) is 1. The average molecular weight is 169 g/mol. The number of aromatic amines is 1. The second kappa shape index (κ2) is 3.69. The molecule has 1 aromatic heterocycles. The normalized spacial score (nSPS) is 13.8. The molecule has 0 saturated carbocycles. The van der Waals surface area contributed by atoms with E-state index >= 15 is 0 Å². The van der Waals surface area contributed by atoms with Crippen LogP contribution in [-0.2, 0) is 0 Å². The van der Waals surface area contributed by atoms with Crippen molar-refractivity contribution >= 4 is 0 Å². The van der Waals surface area contributed by atoms with Gasteiger partial charge in [-0.25, -0.2) is 4.98 Å². The van der Waals surface area contributed by atoms with Crippen molar-refractivity contribution in [2.75, 3.05) is 6.61 Å². The van der Waals surface area contributed by atoms with Gasteiger partial charge >= 0.3 is 0 Å². The zero-order valence-corrected chi connectivity index (χ0v) is 7.41. The maximum absolute atomic E-state index is 8.75. The standard InChI is InChI=1S/C8H15N3O/c1-5(2)7-3-10-8(11-7)6(9)4-12/h3,5-6,12H,4,9H2,1-2H3,(H,10,11). The molecule has 4 N–H and O–H groups in total. The van der Waals surface area contributed by atoms with Crippen LogP contribution in [0.3, 0.4) is 0 Å². The lowest BCUT2D eigenvalue weighted by Gasteiger charge is -2.03. The quantitative estimate of drug-likeness (QED) is 0.617. The van der Waals surface area contributed by atoms with E-state index in [4.69, 9.17) is 10.8 Å². The van der Waals surface area contributed by atoms with Crippen LogP contribution in [0.2, 0.25) is 0 Å². The fourth-order valence-electron chi connectivity index (χ4n) is 0.920. The summed E-state index contributed by atoms with van der Waals surface area (Å²) in [6, 6.07) is -0.391. The van der Waals surface area contributed by atoms with Gasteiger partial charge in [0, 0.05) is 11.9 Å². The summed E-state index contributed by atoms with van der Waals surface area (Å²) in [5.41, 5.74) is 6.61. The number of aliphatic hydroxyl groups excluding tert-OH is 1. The molecule has 1 unspecified atom stereocenters. The van der Waals surface area contributed by atoms with E-state index in [1.165, 1.54) is 0 Å². The van der Waals surface area contributed by atoms with Crippen LogP contribution in [0.4, 0.5) is 0 Å². The summed E-state index contributed by atoms with van der Waals surface area (Å²) in [6.07, 6.45) is 1.76. The number of rotatable bonds is 3. The third-order valence-corrected chi connectivity index (χ3v) is 1.79. The molecule has 68 valence electrons. The van der Waals surface area contributed by atoms with Crippen LogP contribution in [0.1, 0.15) is 37.3 Å². The first-order chi connectivity index (χ1) is 5.65.